The second-order valence-electron chi connectivity index (χ2n) is 10.7. The predicted octanol–water partition coefficient (Wildman–Crippen LogP) is 6.28. The van der Waals surface area contributed by atoms with Crippen molar-refractivity contribution in [3.8, 4) is 22.8 Å². The number of aromatic nitrogens is 4. The van der Waals surface area contributed by atoms with Gasteiger partial charge in [-0.15, -0.1) is 0 Å². The molecular weight excluding hydrogens is 528 g/mol. The van der Waals surface area contributed by atoms with E-state index in [4.69, 9.17) is 14.5 Å². The quantitative estimate of drug-likeness (QED) is 0.198. The van der Waals surface area contributed by atoms with Crippen LogP contribution in [0.4, 0.5) is 11.4 Å². The number of carbonyl (C=O) groups excluding carboxylic acids is 1. The number of fused-ring (bicyclic) bond motifs is 2. The van der Waals surface area contributed by atoms with E-state index in [1.807, 2.05) is 70.5 Å². The molecule has 1 amide bonds. The Bertz CT molecular complexity index is 1730. The van der Waals surface area contributed by atoms with Crippen LogP contribution in [0.15, 0.2) is 79.3 Å². The van der Waals surface area contributed by atoms with Crippen LogP contribution >= 0.6 is 0 Å². The topological polar surface area (TPSA) is 85.6 Å². The van der Waals surface area contributed by atoms with Crippen molar-refractivity contribution in [3.63, 3.8) is 0 Å². The van der Waals surface area contributed by atoms with Gasteiger partial charge in [0.1, 0.15) is 11.5 Å². The van der Waals surface area contributed by atoms with Gasteiger partial charge in [0.05, 0.1) is 43.3 Å². The van der Waals surface area contributed by atoms with Crippen molar-refractivity contribution in [1.82, 2.24) is 24.6 Å². The number of hydrogen-bond donors (Lipinski definition) is 0. The fraction of sp³-hybridized carbons (Fsp3) is 0.273. The maximum Gasteiger partial charge on any atom is 0.254 e. The van der Waals surface area contributed by atoms with Crippen molar-refractivity contribution >= 4 is 28.3 Å². The number of ether oxygens (including phenoxy) is 2. The Morgan fingerprint density at radius 2 is 1.71 bits per heavy atom. The zero-order valence-corrected chi connectivity index (χ0v) is 24.3. The summed E-state index contributed by atoms with van der Waals surface area (Å²) in [5.41, 5.74) is 7.05. The van der Waals surface area contributed by atoms with Crippen LogP contribution in [0.3, 0.4) is 0 Å². The van der Waals surface area contributed by atoms with E-state index in [0.717, 1.165) is 51.2 Å². The SMILES string of the molecule is COc1cc(OC)cc(N(CCCN2Cc3ccccc3C2=O)c2ccc3ncc(-c4cnn(C(C)C)c4)nc3c2)c1. The number of amides is 1. The van der Waals surface area contributed by atoms with Crippen LogP contribution in [0.2, 0.25) is 0 Å². The third-order valence-corrected chi connectivity index (χ3v) is 7.62. The molecule has 9 nitrogen and oxygen atoms in total. The van der Waals surface area contributed by atoms with E-state index < -0.39 is 0 Å². The Labute approximate surface area is 245 Å². The van der Waals surface area contributed by atoms with E-state index in [2.05, 4.69) is 41.0 Å². The summed E-state index contributed by atoms with van der Waals surface area (Å²) in [7, 11) is 3.29. The normalized spacial score (nSPS) is 12.7. The maximum absolute atomic E-state index is 13.0. The third-order valence-electron chi connectivity index (χ3n) is 7.62. The molecule has 0 N–H and O–H groups in total. The standard InChI is InChI=1S/C33H34N6O3/c1-22(2)39-21-24(18-35-39)32-19-34-30-11-10-25(16-31(30)36-32)38(26-14-27(41-3)17-28(15-26)42-4)13-7-12-37-20-23-8-5-6-9-29(23)33(37)40/h5-6,8-11,14-19,21-22H,7,12-13,20H2,1-4H3. The van der Waals surface area contributed by atoms with Crippen molar-refractivity contribution < 1.29 is 14.3 Å². The molecule has 0 unspecified atom stereocenters. The third kappa shape index (κ3) is 5.37. The first-order chi connectivity index (χ1) is 20.4. The highest BCUT2D eigenvalue weighted by Crippen LogP contribution is 2.34. The Kier molecular flexibility index (Phi) is 7.48. The fourth-order valence-electron chi connectivity index (χ4n) is 5.33. The zero-order valence-electron chi connectivity index (χ0n) is 24.3. The van der Waals surface area contributed by atoms with Gasteiger partial charge in [0.2, 0.25) is 0 Å². The smallest absolute Gasteiger partial charge is 0.254 e. The molecule has 0 saturated heterocycles. The molecule has 9 heteroatoms. The number of methoxy groups -OCH3 is 2. The molecule has 0 fully saturated rings. The molecule has 42 heavy (non-hydrogen) atoms. The minimum atomic E-state index is 0.0921. The lowest BCUT2D eigenvalue weighted by atomic mass is 10.1. The Morgan fingerprint density at radius 3 is 2.43 bits per heavy atom. The highest BCUT2D eigenvalue weighted by atomic mass is 16.5. The maximum atomic E-state index is 13.0. The summed E-state index contributed by atoms with van der Waals surface area (Å²) in [6, 6.07) is 20.0. The van der Waals surface area contributed by atoms with E-state index in [1.54, 1.807) is 20.4 Å². The van der Waals surface area contributed by atoms with Gasteiger partial charge in [0.25, 0.3) is 5.91 Å². The van der Waals surface area contributed by atoms with Crippen molar-refractivity contribution in [2.45, 2.75) is 32.9 Å². The van der Waals surface area contributed by atoms with Crippen LogP contribution in [0.1, 0.15) is 42.2 Å². The number of nitrogens with zero attached hydrogens (tertiary/aromatic N) is 6. The van der Waals surface area contributed by atoms with Gasteiger partial charge in [-0.05, 0) is 50.1 Å². The van der Waals surface area contributed by atoms with Crippen LogP contribution in [-0.4, -0.2) is 57.9 Å². The summed E-state index contributed by atoms with van der Waals surface area (Å²) in [5.74, 6) is 1.49. The zero-order chi connectivity index (χ0) is 29.2. The van der Waals surface area contributed by atoms with E-state index in [-0.39, 0.29) is 11.9 Å². The summed E-state index contributed by atoms with van der Waals surface area (Å²) in [5, 5.41) is 4.46. The van der Waals surface area contributed by atoms with Gasteiger partial charge in [0.15, 0.2) is 0 Å². The van der Waals surface area contributed by atoms with Gasteiger partial charge in [0, 0.05) is 72.6 Å². The molecule has 214 valence electrons. The summed E-state index contributed by atoms with van der Waals surface area (Å²) in [6.45, 7) is 6.13. The fourth-order valence-corrected chi connectivity index (χ4v) is 5.33. The predicted molar refractivity (Wildman–Crippen MR) is 163 cm³/mol. The first kappa shape index (κ1) is 27.3. The molecule has 6 rings (SSSR count). The number of hydrogen-bond acceptors (Lipinski definition) is 7. The molecule has 5 aromatic rings. The van der Waals surface area contributed by atoms with Gasteiger partial charge in [-0.2, -0.15) is 5.10 Å². The number of carbonyl (C=O) groups is 1. The van der Waals surface area contributed by atoms with Crippen molar-refractivity contribution in [3.05, 3.63) is 90.4 Å². The van der Waals surface area contributed by atoms with Crippen LogP contribution in [0, 0.1) is 0 Å². The van der Waals surface area contributed by atoms with Gasteiger partial charge >= 0.3 is 0 Å². The molecular formula is C33H34N6O3. The van der Waals surface area contributed by atoms with Crippen molar-refractivity contribution in [2.24, 2.45) is 0 Å². The van der Waals surface area contributed by atoms with Crippen molar-refractivity contribution in [2.75, 3.05) is 32.2 Å². The van der Waals surface area contributed by atoms with E-state index in [9.17, 15) is 4.79 Å². The van der Waals surface area contributed by atoms with Gasteiger partial charge in [-0.3, -0.25) is 14.5 Å². The molecule has 3 aromatic carbocycles. The Balaban J connectivity index is 1.31. The minimum absolute atomic E-state index is 0.0921. The van der Waals surface area contributed by atoms with Crippen LogP contribution in [0.5, 0.6) is 11.5 Å². The van der Waals surface area contributed by atoms with E-state index in [1.165, 1.54) is 0 Å². The second kappa shape index (κ2) is 11.5. The average molecular weight is 563 g/mol. The summed E-state index contributed by atoms with van der Waals surface area (Å²) >= 11 is 0. The molecule has 1 aliphatic heterocycles. The molecule has 0 radical (unpaired) electrons. The number of benzene rings is 3. The Morgan fingerprint density at radius 1 is 0.929 bits per heavy atom. The minimum Gasteiger partial charge on any atom is -0.497 e. The van der Waals surface area contributed by atoms with Crippen LogP contribution in [0.25, 0.3) is 22.3 Å². The molecule has 0 spiro atoms. The first-order valence-corrected chi connectivity index (χ1v) is 14.1. The van der Waals surface area contributed by atoms with Gasteiger partial charge in [-0.25, -0.2) is 4.98 Å². The first-order valence-electron chi connectivity index (χ1n) is 14.1. The number of anilines is 2. The highest BCUT2D eigenvalue weighted by molar-refractivity contribution is 5.98. The summed E-state index contributed by atoms with van der Waals surface area (Å²) < 4.78 is 13.1. The lowest BCUT2D eigenvalue weighted by Crippen LogP contribution is -2.28. The Hall–Kier alpha value is -4.92. The molecule has 3 heterocycles. The van der Waals surface area contributed by atoms with Crippen molar-refractivity contribution in [1.29, 1.82) is 0 Å². The number of rotatable bonds is 10. The monoisotopic (exact) mass is 562 g/mol. The van der Waals surface area contributed by atoms with Crippen LogP contribution in [-0.2, 0) is 6.54 Å². The van der Waals surface area contributed by atoms with E-state index >= 15 is 0 Å². The van der Waals surface area contributed by atoms with E-state index in [0.29, 0.717) is 31.1 Å². The van der Waals surface area contributed by atoms with Crippen LogP contribution < -0.4 is 14.4 Å². The molecule has 0 bridgehead atoms. The molecule has 2 aromatic heterocycles. The highest BCUT2D eigenvalue weighted by Gasteiger charge is 2.26. The summed E-state index contributed by atoms with van der Waals surface area (Å²) in [6.07, 6.45) is 6.38. The molecule has 0 saturated carbocycles. The summed E-state index contributed by atoms with van der Waals surface area (Å²) in [4.78, 5) is 26.7. The van der Waals surface area contributed by atoms with Gasteiger partial charge in [-0.1, -0.05) is 18.2 Å². The average Bonchev–Trinajstić information content (AvgIpc) is 3.64. The van der Waals surface area contributed by atoms with Gasteiger partial charge < -0.3 is 19.3 Å². The lowest BCUT2D eigenvalue weighted by molar-refractivity contribution is 0.0777. The second-order valence-corrected chi connectivity index (χ2v) is 10.7. The lowest BCUT2D eigenvalue weighted by Gasteiger charge is -2.27. The molecule has 0 atom stereocenters. The molecule has 1 aliphatic rings. The largest absolute Gasteiger partial charge is 0.497 e. The molecule has 0 aliphatic carbocycles.